The highest BCUT2D eigenvalue weighted by Crippen LogP contribution is 2.32. The van der Waals surface area contributed by atoms with Crippen molar-refractivity contribution < 1.29 is 4.79 Å². The summed E-state index contributed by atoms with van der Waals surface area (Å²) in [6, 6.07) is 17.5. The summed E-state index contributed by atoms with van der Waals surface area (Å²) in [6.45, 7) is 0. The van der Waals surface area contributed by atoms with Crippen molar-refractivity contribution in [1.82, 2.24) is 9.97 Å². The van der Waals surface area contributed by atoms with Gasteiger partial charge in [-0.3, -0.25) is 4.79 Å². The van der Waals surface area contributed by atoms with Gasteiger partial charge in [0.15, 0.2) is 0 Å². The number of nitrogen functional groups attached to an aromatic ring is 1. The molecule has 5 heteroatoms. The third kappa shape index (κ3) is 2.60. The fourth-order valence-corrected chi connectivity index (χ4v) is 3.58. The van der Waals surface area contributed by atoms with Crippen molar-refractivity contribution in [3.8, 4) is 0 Å². The Morgan fingerprint density at radius 1 is 1.00 bits per heavy atom. The van der Waals surface area contributed by atoms with Crippen molar-refractivity contribution in [1.29, 1.82) is 0 Å². The number of carbonyl (C=O) groups excluding carboxylic acids is 1. The van der Waals surface area contributed by atoms with Crippen LogP contribution >= 0.6 is 0 Å². The van der Waals surface area contributed by atoms with Gasteiger partial charge in [-0.2, -0.15) is 4.98 Å². The lowest BCUT2D eigenvalue weighted by Crippen LogP contribution is -2.14. The first kappa shape index (κ1) is 15.5. The number of benzene rings is 3. The van der Waals surface area contributed by atoms with Crippen LogP contribution in [0.25, 0.3) is 27.8 Å². The molecule has 5 rings (SSSR count). The molecule has 4 aromatic rings. The molecule has 130 valence electrons. The number of nitrogens with one attached hydrogen (secondary N) is 1. The third-order valence-electron chi connectivity index (χ3n) is 4.88. The summed E-state index contributed by atoms with van der Waals surface area (Å²) in [5.41, 5.74) is 9.40. The standard InChI is InChI=1S/C22H16N4O/c23-22-24-18-11-10-14-6-3-7-17(14)19(18)20(26-22)25-21(27)16-9-8-13-4-1-2-5-15(13)12-16/h1-5,7-12H,6H2,(H3,23,24,25,26,27). The van der Waals surface area contributed by atoms with Gasteiger partial charge in [-0.15, -0.1) is 0 Å². The maximum absolute atomic E-state index is 12.9. The Kier molecular flexibility index (Phi) is 3.40. The van der Waals surface area contributed by atoms with Crippen LogP contribution in [0.5, 0.6) is 0 Å². The Balaban J connectivity index is 1.60. The fourth-order valence-electron chi connectivity index (χ4n) is 3.58. The number of anilines is 2. The molecule has 1 amide bonds. The molecule has 0 atom stereocenters. The zero-order chi connectivity index (χ0) is 18.4. The smallest absolute Gasteiger partial charge is 0.256 e. The van der Waals surface area contributed by atoms with E-state index in [-0.39, 0.29) is 11.9 Å². The first-order valence-corrected chi connectivity index (χ1v) is 8.75. The molecule has 0 saturated heterocycles. The SMILES string of the molecule is Nc1nc(NC(=O)c2ccc3ccccc3c2)c2c3c(ccc2n1)CC=C3. The van der Waals surface area contributed by atoms with Crippen LogP contribution in [0.4, 0.5) is 11.8 Å². The first-order valence-electron chi connectivity index (χ1n) is 8.75. The molecule has 3 aromatic carbocycles. The number of fused-ring (bicyclic) bond motifs is 4. The van der Waals surface area contributed by atoms with Gasteiger partial charge >= 0.3 is 0 Å². The maximum atomic E-state index is 12.9. The van der Waals surface area contributed by atoms with E-state index in [2.05, 4.69) is 21.4 Å². The summed E-state index contributed by atoms with van der Waals surface area (Å²) in [6.07, 6.45) is 5.01. The lowest BCUT2D eigenvalue weighted by molar-refractivity contribution is 0.102. The number of carbonyl (C=O) groups is 1. The lowest BCUT2D eigenvalue weighted by atomic mass is 10.0. The van der Waals surface area contributed by atoms with Gasteiger partial charge in [0.25, 0.3) is 5.91 Å². The van der Waals surface area contributed by atoms with E-state index in [9.17, 15) is 4.79 Å². The molecule has 27 heavy (non-hydrogen) atoms. The summed E-state index contributed by atoms with van der Waals surface area (Å²) in [7, 11) is 0. The van der Waals surface area contributed by atoms with Gasteiger partial charge in [-0.25, -0.2) is 4.98 Å². The number of aromatic nitrogens is 2. The van der Waals surface area contributed by atoms with Crippen LogP contribution in [-0.4, -0.2) is 15.9 Å². The number of rotatable bonds is 2. The van der Waals surface area contributed by atoms with Gasteiger partial charge in [-0.1, -0.05) is 48.6 Å². The van der Waals surface area contributed by atoms with Gasteiger partial charge in [0, 0.05) is 5.56 Å². The molecule has 0 spiro atoms. The topological polar surface area (TPSA) is 80.9 Å². The molecule has 1 aliphatic rings. The molecular formula is C22H16N4O. The molecule has 5 nitrogen and oxygen atoms in total. The van der Waals surface area contributed by atoms with Gasteiger partial charge in [0.05, 0.1) is 10.9 Å². The maximum Gasteiger partial charge on any atom is 0.256 e. The number of allylic oxidation sites excluding steroid dienone is 1. The van der Waals surface area contributed by atoms with Crippen LogP contribution in [-0.2, 0) is 6.42 Å². The normalized spacial score (nSPS) is 12.4. The van der Waals surface area contributed by atoms with Crippen LogP contribution in [0.2, 0.25) is 0 Å². The summed E-state index contributed by atoms with van der Waals surface area (Å²) in [5.74, 6) is 0.358. The van der Waals surface area contributed by atoms with Gasteiger partial charge in [0.1, 0.15) is 5.82 Å². The van der Waals surface area contributed by atoms with E-state index >= 15 is 0 Å². The van der Waals surface area contributed by atoms with E-state index in [1.165, 1.54) is 5.56 Å². The zero-order valence-electron chi connectivity index (χ0n) is 14.4. The molecule has 0 aliphatic heterocycles. The second kappa shape index (κ2) is 5.92. The van der Waals surface area contributed by atoms with Crippen LogP contribution in [0.1, 0.15) is 21.5 Å². The van der Waals surface area contributed by atoms with Crippen molar-refractivity contribution >= 4 is 45.4 Å². The molecule has 0 saturated carbocycles. The number of hydrogen-bond acceptors (Lipinski definition) is 4. The van der Waals surface area contributed by atoms with Crippen molar-refractivity contribution in [2.24, 2.45) is 0 Å². The largest absolute Gasteiger partial charge is 0.368 e. The van der Waals surface area contributed by atoms with E-state index < -0.39 is 0 Å². The lowest BCUT2D eigenvalue weighted by Gasteiger charge is -2.12. The number of amides is 1. The predicted molar refractivity (Wildman–Crippen MR) is 109 cm³/mol. The number of nitrogens with zero attached hydrogens (tertiary/aromatic N) is 2. The van der Waals surface area contributed by atoms with Crippen LogP contribution in [0.15, 0.2) is 60.7 Å². The molecule has 0 unspecified atom stereocenters. The monoisotopic (exact) mass is 352 g/mol. The van der Waals surface area contributed by atoms with E-state index in [0.29, 0.717) is 11.4 Å². The molecule has 0 radical (unpaired) electrons. The molecule has 0 bridgehead atoms. The highest BCUT2D eigenvalue weighted by molar-refractivity contribution is 6.11. The Bertz CT molecular complexity index is 1260. The second-order valence-corrected chi connectivity index (χ2v) is 6.59. The number of hydrogen-bond donors (Lipinski definition) is 2. The molecule has 1 heterocycles. The molecule has 3 N–H and O–H groups in total. The van der Waals surface area contributed by atoms with E-state index in [1.54, 1.807) is 0 Å². The first-order chi connectivity index (χ1) is 13.2. The molecule has 0 fully saturated rings. The second-order valence-electron chi connectivity index (χ2n) is 6.59. The average Bonchev–Trinajstić information content (AvgIpc) is 3.16. The summed E-state index contributed by atoms with van der Waals surface area (Å²) in [5, 5.41) is 5.86. The fraction of sp³-hybridized carbons (Fsp3) is 0.0455. The summed E-state index contributed by atoms with van der Waals surface area (Å²) in [4.78, 5) is 21.5. The zero-order valence-corrected chi connectivity index (χ0v) is 14.4. The van der Waals surface area contributed by atoms with Crippen molar-refractivity contribution in [3.63, 3.8) is 0 Å². The molecule has 1 aromatic heterocycles. The Morgan fingerprint density at radius 2 is 1.85 bits per heavy atom. The third-order valence-corrected chi connectivity index (χ3v) is 4.88. The quantitative estimate of drug-likeness (QED) is 0.567. The van der Waals surface area contributed by atoms with Gasteiger partial charge < -0.3 is 11.1 Å². The highest BCUT2D eigenvalue weighted by atomic mass is 16.1. The Morgan fingerprint density at radius 3 is 2.74 bits per heavy atom. The van der Waals surface area contributed by atoms with Crippen LogP contribution in [0.3, 0.4) is 0 Å². The van der Waals surface area contributed by atoms with Gasteiger partial charge in [-0.05, 0) is 46.5 Å². The minimum atomic E-state index is -0.222. The Hall–Kier alpha value is -3.73. The molecular weight excluding hydrogens is 336 g/mol. The van der Waals surface area contributed by atoms with Gasteiger partial charge in [0.2, 0.25) is 5.95 Å². The van der Waals surface area contributed by atoms with Crippen molar-refractivity contribution in [3.05, 3.63) is 77.4 Å². The summed E-state index contributed by atoms with van der Waals surface area (Å²) < 4.78 is 0. The van der Waals surface area contributed by atoms with Crippen LogP contribution in [0, 0.1) is 0 Å². The van der Waals surface area contributed by atoms with Crippen molar-refractivity contribution in [2.75, 3.05) is 11.1 Å². The summed E-state index contributed by atoms with van der Waals surface area (Å²) >= 11 is 0. The van der Waals surface area contributed by atoms with Crippen molar-refractivity contribution in [2.45, 2.75) is 6.42 Å². The minimum Gasteiger partial charge on any atom is -0.368 e. The predicted octanol–water partition coefficient (Wildman–Crippen LogP) is 4.19. The average molecular weight is 352 g/mol. The minimum absolute atomic E-state index is 0.137. The molecule has 1 aliphatic carbocycles. The number of nitrogens with two attached hydrogens (primary N) is 1. The van der Waals surface area contributed by atoms with Crippen LogP contribution < -0.4 is 11.1 Å². The Labute approximate surface area is 155 Å². The highest BCUT2D eigenvalue weighted by Gasteiger charge is 2.17. The van der Waals surface area contributed by atoms with E-state index in [1.807, 2.05) is 60.7 Å². The van der Waals surface area contributed by atoms with E-state index in [0.717, 1.165) is 33.7 Å². The van der Waals surface area contributed by atoms with E-state index in [4.69, 9.17) is 5.73 Å².